The van der Waals surface area contributed by atoms with Crippen molar-refractivity contribution in [1.82, 2.24) is 0 Å². The van der Waals surface area contributed by atoms with E-state index >= 15 is 0 Å². The van der Waals surface area contributed by atoms with Crippen molar-refractivity contribution < 1.29 is 14.0 Å². The maximum Gasteiger partial charge on any atom is 0.232 e. The van der Waals surface area contributed by atoms with E-state index in [1.54, 1.807) is 17.2 Å². The van der Waals surface area contributed by atoms with E-state index in [9.17, 15) is 9.59 Å². The van der Waals surface area contributed by atoms with Crippen LogP contribution in [0.2, 0.25) is 0 Å². The fraction of sp³-hybridized carbons (Fsp3) is 0.300. The molecule has 0 fully saturated rings. The lowest BCUT2D eigenvalue weighted by Gasteiger charge is -2.37. The summed E-state index contributed by atoms with van der Waals surface area (Å²) in [6, 6.07) is 11.5. The number of benzene rings is 1. The monoisotopic (exact) mass is 321 g/mol. The van der Waals surface area contributed by atoms with Gasteiger partial charge >= 0.3 is 0 Å². The third-order valence-electron chi connectivity index (χ3n) is 4.82. The molecule has 4 heteroatoms. The molecule has 0 spiro atoms. The molecule has 2 aliphatic rings. The van der Waals surface area contributed by atoms with E-state index in [-0.39, 0.29) is 24.0 Å². The summed E-state index contributed by atoms with van der Waals surface area (Å²) in [7, 11) is 0. The minimum atomic E-state index is -0.253. The van der Waals surface area contributed by atoms with Gasteiger partial charge in [-0.15, -0.1) is 0 Å². The molecule has 1 atom stereocenters. The molecule has 1 unspecified atom stereocenters. The largest absolute Gasteiger partial charge is 0.469 e. The van der Waals surface area contributed by atoms with E-state index in [1.165, 1.54) is 0 Å². The van der Waals surface area contributed by atoms with E-state index in [0.29, 0.717) is 12.2 Å². The molecule has 1 aliphatic heterocycles. The predicted octanol–water partition coefficient (Wildman–Crippen LogP) is 4.12. The Morgan fingerprint density at radius 3 is 2.75 bits per heavy atom. The molecule has 0 bridgehead atoms. The number of allylic oxidation sites excluding steroid dienone is 2. The van der Waals surface area contributed by atoms with Gasteiger partial charge in [-0.25, -0.2) is 0 Å². The SMILES string of the molecule is Cc1cccc(N2C(=O)CC(c3ccco3)C3=C2CCCC3=O)c1. The lowest BCUT2D eigenvalue weighted by Crippen LogP contribution is -2.40. The molecule has 1 amide bonds. The molecule has 4 rings (SSSR count). The van der Waals surface area contributed by atoms with Crippen molar-refractivity contribution >= 4 is 17.4 Å². The van der Waals surface area contributed by atoms with Crippen molar-refractivity contribution in [1.29, 1.82) is 0 Å². The molecule has 1 aliphatic carbocycles. The molecule has 0 radical (unpaired) electrons. The van der Waals surface area contributed by atoms with Gasteiger partial charge in [0.15, 0.2) is 5.78 Å². The highest BCUT2D eigenvalue weighted by Crippen LogP contribution is 2.43. The Hall–Kier alpha value is -2.62. The average Bonchev–Trinajstić information content (AvgIpc) is 3.08. The minimum Gasteiger partial charge on any atom is -0.469 e. The van der Waals surface area contributed by atoms with Crippen LogP contribution in [0.3, 0.4) is 0 Å². The Labute approximate surface area is 140 Å². The van der Waals surface area contributed by atoms with Crippen LogP contribution in [0.5, 0.6) is 0 Å². The number of amides is 1. The number of anilines is 1. The molecule has 122 valence electrons. The summed E-state index contributed by atoms with van der Waals surface area (Å²) in [6.07, 6.45) is 3.95. The first kappa shape index (κ1) is 14.9. The summed E-state index contributed by atoms with van der Waals surface area (Å²) in [5.41, 5.74) is 3.56. The van der Waals surface area contributed by atoms with Crippen molar-refractivity contribution in [3.8, 4) is 0 Å². The number of carbonyl (C=O) groups excluding carboxylic acids is 2. The molecule has 0 saturated carbocycles. The van der Waals surface area contributed by atoms with Gasteiger partial charge in [0, 0.05) is 29.8 Å². The molecule has 2 aromatic rings. The number of hydrogen-bond acceptors (Lipinski definition) is 3. The number of Topliss-reactive ketones (excluding diaryl/α,β-unsaturated/α-hetero) is 1. The molecule has 1 aromatic heterocycles. The number of aryl methyl sites for hydroxylation is 1. The highest BCUT2D eigenvalue weighted by Gasteiger charge is 2.40. The Morgan fingerprint density at radius 2 is 2.00 bits per heavy atom. The van der Waals surface area contributed by atoms with Crippen molar-refractivity contribution in [2.45, 2.75) is 38.5 Å². The van der Waals surface area contributed by atoms with Crippen molar-refractivity contribution in [3.63, 3.8) is 0 Å². The van der Waals surface area contributed by atoms with Crippen LogP contribution in [0, 0.1) is 6.92 Å². The Balaban J connectivity index is 1.87. The molecule has 2 heterocycles. The number of furan rings is 1. The van der Waals surface area contributed by atoms with Gasteiger partial charge < -0.3 is 4.42 Å². The molecule has 1 aromatic carbocycles. The van der Waals surface area contributed by atoms with Crippen molar-refractivity contribution in [3.05, 3.63) is 65.3 Å². The average molecular weight is 321 g/mol. The normalized spacial score (nSPS) is 21.2. The third kappa shape index (κ3) is 2.39. The quantitative estimate of drug-likeness (QED) is 0.836. The standard InChI is InChI=1S/C20H19NO3/c1-13-5-2-6-14(11-13)21-16-7-3-8-17(22)20(16)15(12-19(21)23)18-9-4-10-24-18/h2,4-6,9-11,15H,3,7-8,12H2,1H3. The third-order valence-corrected chi connectivity index (χ3v) is 4.82. The molecule has 24 heavy (non-hydrogen) atoms. The summed E-state index contributed by atoms with van der Waals surface area (Å²) in [6.45, 7) is 2.00. The molecule has 0 N–H and O–H groups in total. The van der Waals surface area contributed by atoms with Gasteiger partial charge in [-0.2, -0.15) is 0 Å². The van der Waals surface area contributed by atoms with Crippen LogP contribution in [0.25, 0.3) is 0 Å². The van der Waals surface area contributed by atoms with Crippen LogP contribution in [0.1, 0.15) is 42.9 Å². The number of carbonyl (C=O) groups is 2. The summed E-state index contributed by atoms with van der Waals surface area (Å²) in [5, 5.41) is 0. The summed E-state index contributed by atoms with van der Waals surface area (Å²) >= 11 is 0. The molecule has 4 nitrogen and oxygen atoms in total. The maximum absolute atomic E-state index is 12.9. The fourth-order valence-electron chi connectivity index (χ4n) is 3.79. The van der Waals surface area contributed by atoms with Crippen LogP contribution in [0.4, 0.5) is 5.69 Å². The van der Waals surface area contributed by atoms with Gasteiger partial charge in [0.1, 0.15) is 5.76 Å². The first-order valence-corrected chi connectivity index (χ1v) is 8.34. The second-order valence-corrected chi connectivity index (χ2v) is 6.48. The topological polar surface area (TPSA) is 50.5 Å². The fourth-order valence-corrected chi connectivity index (χ4v) is 3.79. The highest BCUT2D eigenvalue weighted by molar-refractivity contribution is 6.07. The molecular weight excluding hydrogens is 302 g/mol. The van der Waals surface area contributed by atoms with Crippen LogP contribution in [-0.4, -0.2) is 11.7 Å². The van der Waals surface area contributed by atoms with E-state index in [1.807, 2.05) is 37.3 Å². The summed E-state index contributed by atoms with van der Waals surface area (Å²) in [4.78, 5) is 27.3. The molecular formula is C20H19NO3. The van der Waals surface area contributed by atoms with Crippen LogP contribution in [0.15, 0.2) is 58.3 Å². The van der Waals surface area contributed by atoms with E-state index < -0.39 is 0 Å². The van der Waals surface area contributed by atoms with Crippen molar-refractivity contribution in [2.75, 3.05) is 4.90 Å². The van der Waals surface area contributed by atoms with Gasteiger partial charge in [-0.3, -0.25) is 14.5 Å². The van der Waals surface area contributed by atoms with E-state index in [4.69, 9.17) is 4.42 Å². The Bertz CT molecular complexity index is 832. The lowest BCUT2D eigenvalue weighted by atomic mass is 9.79. The van der Waals surface area contributed by atoms with Crippen LogP contribution in [-0.2, 0) is 9.59 Å². The first-order valence-electron chi connectivity index (χ1n) is 8.34. The van der Waals surface area contributed by atoms with E-state index in [2.05, 4.69) is 0 Å². The zero-order valence-corrected chi connectivity index (χ0v) is 13.6. The van der Waals surface area contributed by atoms with Gasteiger partial charge in [0.2, 0.25) is 5.91 Å². The van der Waals surface area contributed by atoms with Crippen molar-refractivity contribution in [2.24, 2.45) is 0 Å². The van der Waals surface area contributed by atoms with Crippen LogP contribution < -0.4 is 4.90 Å². The number of hydrogen-bond donors (Lipinski definition) is 0. The zero-order valence-electron chi connectivity index (χ0n) is 13.6. The van der Waals surface area contributed by atoms with Gasteiger partial charge in [-0.1, -0.05) is 12.1 Å². The van der Waals surface area contributed by atoms with E-state index in [0.717, 1.165) is 35.4 Å². The van der Waals surface area contributed by atoms with Gasteiger partial charge in [-0.05, 0) is 49.6 Å². The Morgan fingerprint density at radius 1 is 1.12 bits per heavy atom. The smallest absolute Gasteiger partial charge is 0.232 e. The zero-order chi connectivity index (χ0) is 16.7. The lowest BCUT2D eigenvalue weighted by molar-refractivity contribution is -0.120. The van der Waals surface area contributed by atoms with Gasteiger partial charge in [0.05, 0.1) is 12.2 Å². The van der Waals surface area contributed by atoms with Crippen LogP contribution >= 0.6 is 0 Å². The second kappa shape index (κ2) is 5.78. The summed E-state index contributed by atoms with van der Waals surface area (Å²) < 4.78 is 5.52. The van der Waals surface area contributed by atoms with Gasteiger partial charge in [0.25, 0.3) is 0 Å². The number of rotatable bonds is 2. The predicted molar refractivity (Wildman–Crippen MR) is 90.6 cm³/mol. The Kier molecular flexibility index (Phi) is 3.60. The number of ketones is 1. The number of nitrogens with zero attached hydrogens (tertiary/aromatic N) is 1. The highest BCUT2D eigenvalue weighted by atomic mass is 16.3. The second-order valence-electron chi connectivity index (χ2n) is 6.48. The first-order chi connectivity index (χ1) is 11.6. The summed E-state index contributed by atoms with van der Waals surface area (Å²) in [5.74, 6) is 0.615. The maximum atomic E-state index is 12.9. The minimum absolute atomic E-state index is 0.0236. The molecule has 0 saturated heterocycles.